The van der Waals surface area contributed by atoms with Crippen LogP contribution < -0.4 is 5.32 Å². The number of halogens is 2. The number of nitrogens with zero attached hydrogens (tertiary/aromatic N) is 1. The largest absolute Gasteiger partial charge is 0.331 e. The second-order valence-electron chi connectivity index (χ2n) is 5.24. The summed E-state index contributed by atoms with van der Waals surface area (Å²) in [5, 5.41) is 4.20. The first-order valence-corrected chi connectivity index (χ1v) is 7.84. The molecule has 2 amide bonds. The number of hydrogen-bond acceptors (Lipinski definition) is 1. The van der Waals surface area contributed by atoms with Crippen LogP contribution in [0.2, 0.25) is 10.0 Å². The van der Waals surface area contributed by atoms with E-state index in [4.69, 9.17) is 23.2 Å². The van der Waals surface area contributed by atoms with Crippen LogP contribution in [0.25, 0.3) is 0 Å². The molecule has 3 nitrogen and oxygen atoms in total. The molecule has 5 heteroatoms. The molecule has 0 aromatic heterocycles. The second kappa shape index (κ2) is 7.19. The lowest BCUT2D eigenvalue weighted by Crippen LogP contribution is -2.41. The summed E-state index contributed by atoms with van der Waals surface area (Å²) >= 11 is 12.1. The first kappa shape index (κ1) is 15.5. The molecule has 1 aliphatic heterocycles. The van der Waals surface area contributed by atoms with Crippen molar-refractivity contribution in [1.29, 1.82) is 0 Å². The van der Waals surface area contributed by atoms with Gasteiger partial charge in [0.2, 0.25) is 0 Å². The van der Waals surface area contributed by atoms with E-state index in [9.17, 15) is 4.79 Å². The van der Waals surface area contributed by atoms with Gasteiger partial charge in [0.15, 0.2) is 0 Å². The van der Waals surface area contributed by atoms with E-state index in [0.29, 0.717) is 10.0 Å². The smallest absolute Gasteiger partial charge is 0.317 e. The van der Waals surface area contributed by atoms with Gasteiger partial charge in [0, 0.05) is 23.1 Å². The molecule has 0 saturated carbocycles. The third-order valence-electron chi connectivity index (χ3n) is 3.66. The average molecular weight is 315 g/mol. The molecule has 1 aromatic rings. The van der Waals surface area contributed by atoms with Gasteiger partial charge in [0.25, 0.3) is 0 Å². The molecule has 1 heterocycles. The van der Waals surface area contributed by atoms with Gasteiger partial charge in [-0.15, -0.1) is 0 Å². The van der Waals surface area contributed by atoms with E-state index in [-0.39, 0.29) is 12.1 Å². The van der Waals surface area contributed by atoms with Gasteiger partial charge >= 0.3 is 6.03 Å². The van der Waals surface area contributed by atoms with Crippen LogP contribution in [-0.2, 0) is 0 Å². The maximum absolute atomic E-state index is 12.3. The fourth-order valence-electron chi connectivity index (χ4n) is 2.48. The first-order valence-electron chi connectivity index (χ1n) is 7.08. The van der Waals surface area contributed by atoms with Crippen LogP contribution in [0.3, 0.4) is 0 Å². The molecular weight excluding hydrogens is 295 g/mol. The fourth-order valence-corrected chi connectivity index (χ4v) is 3.05. The van der Waals surface area contributed by atoms with Crippen molar-refractivity contribution >= 4 is 29.2 Å². The Labute approximate surface area is 130 Å². The monoisotopic (exact) mass is 314 g/mol. The van der Waals surface area contributed by atoms with Crippen LogP contribution in [0, 0.1) is 0 Å². The maximum atomic E-state index is 12.3. The minimum atomic E-state index is -0.129. The molecule has 0 aliphatic carbocycles. The number of amides is 2. The Hall–Kier alpha value is -0.930. The van der Waals surface area contributed by atoms with Crippen molar-refractivity contribution in [1.82, 2.24) is 10.2 Å². The summed E-state index contributed by atoms with van der Waals surface area (Å²) in [4.78, 5) is 14.2. The Balaban J connectivity index is 1.99. The zero-order chi connectivity index (χ0) is 14.5. The topological polar surface area (TPSA) is 32.3 Å². The van der Waals surface area contributed by atoms with Crippen molar-refractivity contribution in [3.63, 3.8) is 0 Å². The number of likely N-dealkylation sites (tertiary alicyclic amines) is 1. The van der Waals surface area contributed by atoms with E-state index in [0.717, 1.165) is 31.5 Å². The van der Waals surface area contributed by atoms with Gasteiger partial charge in [0.05, 0.1) is 6.04 Å². The lowest BCUT2D eigenvalue weighted by molar-refractivity contribution is 0.196. The van der Waals surface area contributed by atoms with E-state index in [2.05, 4.69) is 5.32 Å². The average Bonchev–Trinajstić information content (AvgIpc) is 2.67. The van der Waals surface area contributed by atoms with Gasteiger partial charge in [-0.25, -0.2) is 4.79 Å². The highest BCUT2D eigenvalue weighted by Crippen LogP contribution is 2.26. The predicted octanol–water partition coefficient (Wildman–Crippen LogP) is 4.64. The van der Waals surface area contributed by atoms with Crippen molar-refractivity contribution in [2.75, 3.05) is 13.1 Å². The van der Waals surface area contributed by atoms with Gasteiger partial charge < -0.3 is 10.2 Å². The lowest BCUT2D eigenvalue weighted by Gasteiger charge is -2.24. The van der Waals surface area contributed by atoms with Crippen molar-refractivity contribution in [3.8, 4) is 0 Å². The SMILES string of the molecule is CC(NC(=O)N1CCCCCC1)c1ccc(Cl)cc1Cl. The Morgan fingerprint density at radius 3 is 2.45 bits per heavy atom. The Morgan fingerprint density at radius 1 is 1.20 bits per heavy atom. The molecule has 1 N–H and O–H groups in total. The molecule has 0 radical (unpaired) electrons. The highest BCUT2D eigenvalue weighted by molar-refractivity contribution is 6.35. The number of carbonyl (C=O) groups excluding carboxylic acids is 1. The summed E-state index contributed by atoms with van der Waals surface area (Å²) < 4.78 is 0. The van der Waals surface area contributed by atoms with E-state index < -0.39 is 0 Å². The predicted molar refractivity (Wildman–Crippen MR) is 83.4 cm³/mol. The van der Waals surface area contributed by atoms with Crippen LogP contribution in [0.1, 0.15) is 44.2 Å². The summed E-state index contributed by atoms with van der Waals surface area (Å²) in [7, 11) is 0. The zero-order valence-electron chi connectivity index (χ0n) is 11.7. The molecule has 1 aliphatic rings. The summed E-state index contributed by atoms with van der Waals surface area (Å²) in [6.07, 6.45) is 4.59. The van der Waals surface area contributed by atoms with Crippen LogP contribution >= 0.6 is 23.2 Å². The molecule has 1 fully saturated rings. The minimum absolute atomic E-state index is 0.00887. The summed E-state index contributed by atoms with van der Waals surface area (Å²) in [5.41, 5.74) is 0.888. The Bertz CT molecular complexity index is 471. The van der Waals surface area contributed by atoms with E-state index in [1.807, 2.05) is 17.9 Å². The van der Waals surface area contributed by atoms with Crippen molar-refractivity contribution in [2.45, 2.75) is 38.6 Å². The van der Waals surface area contributed by atoms with Crippen LogP contribution in [0.5, 0.6) is 0 Å². The standard InChI is InChI=1S/C15H20Cl2N2O/c1-11(13-7-6-12(16)10-14(13)17)18-15(20)19-8-4-2-3-5-9-19/h6-7,10-11H,2-5,8-9H2,1H3,(H,18,20). The molecule has 20 heavy (non-hydrogen) atoms. The van der Waals surface area contributed by atoms with Crippen LogP contribution in [0.15, 0.2) is 18.2 Å². The van der Waals surface area contributed by atoms with Gasteiger partial charge in [0.1, 0.15) is 0 Å². The van der Waals surface area contributed by atoms with Gasteiger partial charge in [-0.2, -0.15) is 0 Å². The fraction of sp³-hybridized carbons (Fsp3) is 0.533. The summed E-state index contributed by atoms with van der Waals surface area (Å²) in [5.74, 6) is 0. The number of benzene rings is 1. The quantitative estimate of drug-likeness (QED) is 0.847. The van der Waals surface area contributed by atoms with Crippen LogP contribution in [0.4, 0.5) is 4.79 Å². The molecule has 110 valence electrons. The molecular formula is C15H20Cl2N2O. The molecule has 0 spiro atoms. The minimum Gasteiger partial charge on any atom is -0.331 e. The molecule has 1 aromatic carbocycles. The zero-order valence-corrected chi connectivity index (χ0v) is 13.2. The first-order chi connectivity index (χ1) is 9.58. The van der Waals surface area contributed by atoms with Crippen LogP contribution in [-0.4, -0.2) is 24.0 Å². The van der Waals surface area contributed by atoms with Crippen molar-refractivity contribution < 1.29 is 4.79 Å². The number of urea groups is 1. The number of hydrogen-bond donors (Lipinski definition) is 1. The molecule has 1 atom stereocenters. The Kier molecular flexibility index (Phi) is 5.55. The molecule has 1 saturated heterocycles. The lowest BCUT2D eigenvalue weighted by atomic mass is 10.1. The third kappa shape index (κ3) is 4.03. The highest BCUT2D eigenvalue weighted by atomic mass is 35.5. The third-order valence-corrected chi connectivity index (χ3v) is 4.22. The summed E-state index contributed by atoms with van der Waals surface area (Å²) in [6, 6.07) is 5.21. The van der Waals surface area contributed by atoms with E-state index in [1.54, 1.807) is 12.1 Å². The number of nitrogens with one attached hydrogen (secondary N) is 1. The summed E-state index contributed by atoms with van der Waals surface area (Å²) in [6.45, 7) is 3.62. The number of rotatable bonds is 2. The molecule has 1 unspecified atom stereocenters. The van der Waals surface area contributed by atoms with Gasteiger partial charge in [-0.05, 0) is 37.5 Å². The second-order valence-corrected chi connectivity index (χ2v) is 6.08. The molecule has 2 rings (SSSR count). The highest BCUT2D eigenvalue weighted by Gasteiger charge is 2.19. The molecule has 0 bridgehead atoms. The van der Waals surface area contributed by atoms with E-state index in [1.165, 1.54) is 12.8 Å². The van der Waals surface area contributed by atoms with Gasteiger partial charge in [-0.3, -0.25) is 0 Å². The Morgan fingerprint density at radius 2 is 1.85 bits per heavy atom. The van der Waals surface area contributed by atoms with Crippen molar-refractivity contribution in [2.24, 2.45) is 0 Å². The number of carbonyl (C=O) groups is 1. The van der Waals surface area contributed by atoms with Crippen molar-refractivity contribution in [3.05, 3.63) is 33.8 Å². The van der Waals surface area contributed by atoms with E-state index >= 15 is 0 Å². The van der Waals surface area contributed by atoms with Gasteiger partial charge in [-0.1, -0.05) is 42.1 Å². The maximum Gasteiger partial charge on any atom is 0.317 e. The normalized spacial score (nSPS) is 17.4.